The lowest BCUT2D eigenvalue weighted by atomic mass is 9.75. The molecule has 48 valence electrons. The molecule has 1 aromatic rings. The third-order valence-electron chi connectivity index (χ3n) is 2.51. The average molecular weight is 121 g/mol. The minimum Gasteiger partial charge on any atom is -0.365 e. The molecule has 9 heavy (non-hydrogen) atoms. The molecule has 0 aliphatic heterocycles. The second-order valence-corrected chi connectivity index (χ2v) is 2.92. The van der Waals surface area contributed by atoms with Crippen molar-refractivity contribution < 1.29 is 0 Å². The van der Waals surface area contributed by atoms with Crippen LogP contribution in [0.5, 0.6) is 0 Å². The first-order valence-electron chi connectivity index (χ1n) is 3.48. The molecule has 1 heterocycles. The normalized spacial score (nSPS) is 31.3. The Bertz CT molecular complexity index is 202. The Morgan fingerprint density at radius 1 is 1.33 bits per heavy atom. The SMILES string of the molecule is CC1c2cc[nH]c2C1C. The molecular formula is C8H11N. The number of nitrogens with one attached hydrogen (secondary N) is 1. The van der Waals surface area contributed by atoms with Gasteiger partial charge in [-0.15, -0.1) is 0 Å². The molecule has 0 amide bonds. The minimum absolute atomic E-state index is 0.759. The summed E-state index contributed by atoms with van der Waals surface area (Å²) in [6.45, 7) is 4.55. The summed E-state index contributed by atoms with van der Waals surface area (Å²) >= 11 is 0. The average Bonchev–Trinajstić information content (AvgIpc) is 2.30. The first kappa shape index (κ1) is 5.10. The predicted molar refractivity (Wildman–Crippen MR) is 37.6 cm³/mol. The molecule has 0 saturated heterocycles. The van der Waals surface area contributed by atoms with Crippen LogP contribution in [0.3, 0.4) is 0 Å². The third kappa shape index (κ3) is 0.448. The number of hydrogen-bond acceptors (Lipinski definition) is 0. The van der Waals surface area contributed by atoms with Crippen LogP contribution in [0.15, 0.2) is 12.3 Å². The quantitative estimate of drug-likeness (QED) is 0.541. The van der Waals surface area contributed by atoms with Crippen LogP contribution in [0.25, 0.3) is 0 Å². The first-order valence-corrected chi connectivity index (χ1v) is 3.48. The number of fused-ring (bicyclic) bond motifs is 1. The standard InChI is InChI=1S/C8H11N/c1-5-6(2)8-7(5)3-4-9-8/h3-6,9H,1-2H3. The van der Waals surface area contributed by atoms with Crippen LogP contribution < -0.4 is 0 Å². The monoisotopic (exact) mass is 121 g/mol. The van der Waals surface area contributed by atoms with Crippen molar-refractivity contribution in [3.8, 4) is 0 Å². The molecular weight excluding hydrogens is 110 g/mol. The topological polar surface area (TPSA) is 15.8 Å². The van der Waals surface area contributed by atoms with Crippen molar-refractivity contribution in [3.05, 3.63) is 23.5 Å². The summed E-state index contributed by atoms with van der Waals surface area (Å²) in [4.78, 5) is 3.24. The van der Waals surface area contributed by atoms with Gasteiger partial charge in [-0.2, -0.15) is 0 Å². The molecule has 0 radical (unpaired) electrons. The molecule has 1 aliphatic rings. The molecule has 0 fully saturated rings. The second kappa shape index (κ2) is 1.41. The molecule has 2 atom stereocenters. The molecule has 0 bridgehead atoms. The van der Waals surface area contributed by atoms with E-state index in [0.29, 0.717) is 0 Å². The zero-order valence-electron chi connectivity index (χ0n) is 5.81. The van der Waals surface area contributed by atoms with E-state index in [1.54, 1.807) is 0 Å². The fourth-order valence-electron chi connectivity index (χ4n) is 1.61. The Labute approximate surface area is 55.1 Å². The molecule has 0 spiro atoms. The molecule has 1 heteroatoms. The lowest BCUT2D eigenvalue weighted by Gasteiger charge is -2.30. The Morgan fingerprint density at radius 3 is 2.78 bits per heavy atom. The van der Waals surface area contributed by atoms with Gasteiger partial charge >= 0.3 is 0 Å². The van der Waals surface area contributed by atoms with E-state index in [0.717, 1.165) is 11.8 Å². The van der Waals surface area contributed by atoms with Crippen LogP contribution in [0.4, 0.5) is 0 Å². The number of aromatic nitrogens is 1. The highest BCUT2D eigenvalue weighted by Gasteiger charge is 2.30. The Morgan fingerprint density at radius 2 is 2.11 bits per heavy atom. The van der Waals surface area contributed by atoms with E-state index >= 15 is 0 Å². The van der Waals surface area contributed by atoms with Crippen molar-refractivity contribution in [1.82, 2.24) is 4.98 Å². The Kier molecular flexibility index (Phi) is 0.797. The van der Waals surface area contributed by atoms with Crippen molar-refractivity contribution in [2.24, 2.45) is 0 Å². The fourth-order valence-corrected chi connectivity index (χ4v) is 1.61. The lowest BCUT2D eigenvalue weighted by molar-refractivity contribution is 0.531. The summed E-state index contributed by atoms with van der Waals surface area (Å²) in [5.74, 6) is 1.54. The minimum atomic E-state index is 0.759. The van der Waals surface area contributed by atoms with Gasteiger partial charge in [-0.3, -0.25) is 0 Å². The van der Waals surface area contributed by atoms with Gasteiger partial charge in [0.1, 0.15) is 0 Å². The van der Waals surface area contributed by atoms with Gasteiger partial charge in [0.25, 0.3) is 0 Å². The summed E-state index contributed by atoms with van der Waals surface area (Å²) in [5, 5.41) is 0. The zero-order chi connectivity index (χ0) is 6.43. The van der Waals surface area contributed by atoms with E-state index < -0.39 is 0 Å². The second-order valence-electron chi connectivity index (χ2n) is 2.92. The van der Waals surface area contributed by atoms with Crippen LogP contribution in [0.1, 0.15) is 36.9 Å². The molecule has 0 aromatic carbocycles. The maximum atomic E-state index is 3.24. The van der Waals surface area contributed by atoms with E-state index in [-0.39, 0.29) is 0 Å². The summed E-state index contributed by atoms with van der Waals surface area (Å²) in [5.41, 5.74) is 2.96. The summed E-state index contributed by atoms with van der Waals surface area (Å²) in [7, 11) is 0. The molecule has 2 rings (SSSR count). The first-order chi connectivity index (χ1) is 4.30. The van der Waals surface area contributed by atoms with Crippen molar-refractivity contribution >= 4 is 0 Å². The van der Waals surface area contributed by atoms with Gasteiger partial charge in [-0.1, -0.05) is 13.8 Å². The maximum absolute atomic E-state index is 3.24. The highest BCUT2D eigenvalue weighted by molar-refractivity contribution is 5.39. The van der Waals surface area contributed by atoms with Crippen LogP contribution in [0, 0.1) is 0 Å². The van der Waals surface area contributed by atoms with E-state index in [1.165, 1.54) is 11.3 Å². The molecule has 0 saturated carbocycles. The molecule has 2 unspecified atom stereocenters. The maximum Gasteiger partial charge on any atom is 0.0217 e. The van der Waals surface area contributed by atoms with Gasteiger partial charge in [-0.25, -0.2) is 0 Å². The molecule has 1 aliphatic carbocycles. The van der Waals surface area contributed by atoms with Crippen molar-refractivity contribution in [1.29, 1.82) is 0 Å². The van der Waals surface area contributed by atoms with E-state index in [4.69, 9.17) is 0 Å². The summed E-state index contributed by atoms with van der Waals surface area (Å²) in [6.07, 6.45) is 2.03. The number of aromatic amines is 1. The Balaban J connectivity index is 2.50. The number of H-pyrrole nitrogens is 1. The van der Waals surface area contributed by atoms with Crippen molar-refractivity contribution in [2.75, 3.05) is 0 Å². The van der Waals surface area contributed by atoms with Gasteiger partial charge in [-0.05, 0) is 17.5 Å². The number of hydrogen-bond donors (Lipinski definition) is 1. The molecule has 1 N–H and O–H groups in total. The van der Waals surface area contributed by atoms with Crippen molar-refractivity contribution in [2.45, 2.75) is 25.7 Å². The van der Waals surface area contributed by atoms with Crippen LogP contribution in [-0.2, 0) is 0 Å². The Hall–Kier alpha value is -0.720. The van der Waals surface area contributed by atoms with Crippen molar-refractivity contribution in [3.63, 3.8) is 0 Å². The number of rotatable bonds is 0. The van der Waals surface area contributed by atoms with E-state index in [2.05, 4.69) is 24.9 Å². The molecule has 1 nitrogen and oxygen atoms in total. The van der Waals surface area contributed by atoms with Crippen LogP contribution >= 0.6 is 0 Å². The predicted octanol–water partition coefficient (Wildman–Crippen LogP) is 2.24. The van der Waals surface area contributed by atoms with Crippen LogP contribution in [-0.4, -0.2) is 4.98 Å². The van der Waals surface area contributed by atoms with Gasteiger partial charge in [0.2, 0.25) is 0 Å². The highest BCUT2D eigenvalue weighted by atomic mass is 14.7. The smallest absolute Gasteiger partial charge is 0.0217 e. The van der Waals surface area contributed by atoms with E-state index in [1.807, 2.05) is 6.20 Å². The summed E-state index contributed by atoms with van der Waals surface area (Å²) < 4.78 is 0. The van der Waals surface area contributed by atoms with Gasteiger partial charge in [0.15, 0.2) is 0 Å². The molecule has 1 aromatic heterocycles. The fraction of sp³-hybridized carbons (Fsp3) is 0.500. The lowest BCUT2D eigenvalue weighted by Crippen LogP contribution is -2.17. The van der Waals surface area contributed by atoms with Gasteiger partial charge in [0.05, 0.1) is 0 Å². The third-order valence-corrected chi connectivity index (χ3v) is 2.51. The largest absolute Gasteiger partial charge is 0.365 e. The van der Waals surface area contributed by atoms with Gasteiger partial charge in [0, 0.05) is 17.8 Å². The highest BCUT2D eigenvalue weighted by Crippen LogP contribution is 2.44. The van der Waals surface area contributed by atoms with E-state index in [9.17, 15) is 0 Å². The van der Waals surface area contributed by atoms with Crippen LogP contribution in [0.2, 0.25) is 0 Å². The van der Waals surface area contributed by atoms with Gasteiger partial charge < -0.3 is 4.98 Å². The summed E-state index contributed by atoms with van der Waals surface area (Å²) in [6, 6.07) is 2.18. The zero-order valence-corrected chi connectivity index (χ0v) is 5.81.